The molecular weight excluding hydrogens is 363 g/mol. The Balaban J connectivity index is 2.15. The highest BCUT2D eigenvalue weighted by molar-refractivity contribution is 14.1. The van der Waals surface area contributed by atoms with Crippen LogP contribution in [-0.4, -0.2) is 32.4 Å². The van der Waals surface area contributed by atoms with Gasteiger partial charge in [0.05, 0.1) is 4.90 Å². The smallest absolute Gasteiger partial charge is 0.243 e. The lowest BCUT2D eigenvalue weighted by molar-refractivity contribution is 0.278. The predicted molar refractivity (Wildman–Crippen MR) is 79.7 cm³/mol. The van der Waals surface area contributed by atoms with E-state index in [4.69, 9.17) is 5.73 Å². The number of halogens is 1. The van der Waals surface area contributed by atoms with Gasteiger partial charge in [-0.05, 0) is 72.2 Å². The fourth-order valence-corrected chi connectivity index (χ4v) is 3.97. The zero-order chi connectivity index (χ0) is 13.2. The highest BCUT2D eigenvalue weighted by Crippen LogP contribution is 2.23. The predicted octanol–water partition coefficient (Wildman–Crippen LogP) is 1.65. The van der Waals surface area contributed by atoms with Gasteiger partial charge in [0.15, 0.2) is 0 Å². The van der Waals surface area contributed by atoms with Crippen LogP contribution >= 0.6 is 22.6 Å². The first-order valence-electron chi connectivity index (χ1n) is 6.00. The van der Waals surface area contributed by atoms with Crippen molar-refractivity contribution in [2.75, 3.05) is 19.6 Å². The van der Waals surface area contributed by atoms with E-state index in [1.807, 2.05) is 12.1 Å². The molecular formula is C12H17IN2O2S. The van der Waals surface area contributed by atoms with Gasteiger partial charge >= 0.3 is 0 Å². The molecule has 1 aromatic rings. The summed E-state index contributed by atoms with van der Waals surface area (Å²) in [6.45, 7) is 1.81. The van der Waals surface area contributed by atoms with Crippen molar-refractivity contribution in [1.29, 1.82) is 0 Å². The summed E-state index contributed by atoms with van der Waals surface area (Å²) in [6.07, 6.45) is 1.72. The van der Waals surface area contributed by atoms with Crippen molar-refractivity contribution in [2.24, 2.45) is 11.7 Å². The van der Waals surface area contributed by atoms with Crippen LogP contribution in [0.2, 0.25) is 0 Å². The molecule has 2 rings (SSSR count). The molecule has 18 heavy (non-hydrogen) atoms. The molecule has 0 saturated carbocycles. The van der Waals surface area contributed by atoms with E-state index >= 15 is 0 Å². The van der Waals surface area contributed by atoms with Gasteiger partial charge in [-0.3, -0.25) is 0 Å². The molecule has 0 amide bonds. The van der Waals surface area contributed by atoms with Crippen LogP contribution in [0.1, 0.15) is 12.8 Å². The van der Waals surface area contributed by atoms with Crippen LogP contribution < -0.4 is 5.73 Å². The van der Waals surface area contributed by atoms with E-state index in [9.17, 15) is 8.42 Å². The van der Waals surface area contributed by atoms with Gasteiger partial charge < -0.3 is 5.73 Å². The number of nitrogens with zero attached hydrogens (tertiary/aromatic N) is 1. The van der Waals surface area contributed by atoms with Crippen molar-refractivity contribution in [3.63, 3.8) is 0 Å². The lowest BCUT2D eigenvalue weighted by Gasteiger charge is -2.30. The van der Waals surface area contributed by atoms with Crippen LogP contribution in [0.15, 0.2) is 29.2 Å². The molecule has 0 spiro atoms. The monoisotopic (exact) mass is 380 g/mol. The van der Waals surface area contributed by atoms with E-state index in [-0.39, 0.29) is 0 Å². The Morgan fingerprint density at radius 3 is 2.28 bits per heavy atom. The standard InChI is InChI=1S/C12H17IN2O2S/c13-11-1-3-12(4-2-11)18(16,17)15-7-5-10(9-14)6-8-15/h1-4,10H,5-9,14H2. The first-order valence-corrected chi connectivity index (χ1v) is 8.51. The zero-order valence-corrected chi connectivity index (χ0v) is 13.0. The number of nitrogens with two attached hydrogens (primary N) is 1. The van der Waals surface area contributed by atoms with E-state index in [0.29, 0.717) is 30.4 Å². The Labute approximate surface area is 122 Å². The molecule has 1 aliphatic rings. The normalized spacial score (nSPS) is 19.0. The average Bonchev–Trinajstić information content (AvgIpc) is 2.39. The quantitative estimate of drug-likeness (QED) is 0.812. The van der Waals surface area contributed by atoms with Gasteiger partial charge in [-0.25, -0.2) is 8.42 Å². The maximum atomic E-state index is 12.4. The SMILES string of the molecule is NCC1CCN(S(=O)(=O)c2ccc(I)cc2)CC1. The van der Waals surface area contributed by atoms with E-state index < -0.39 is 10.0 Å². The van der Waals surface area contributed by atoms with Gasteiger partial charge in [0.1, 0.15) is 0 Å². The fourth-order valence-electron chi connectivity index (χ4n) is 2.14. The van der Waals surface area contributed by atoms with Gasteiger partial charge in [-0.2, -0.15) is 4.31 Å². The maximum Gasteiger partial charge on any atom is 0.243 e. The third-order valence-electron chi connectivity index (χ3n) is 3.36. The summed E-state index contributed by atoms with van der Waals surface area (Å²) in [4.78, 5) is 0.383. The van der Waals surface area contributed by atoms with Gasteiger partial charge in [0, 0.05) is 16.7 Å². The number of hydrogen-bond donors (Lipinski definition) is 1. The first kappa shape index (κ1) is 14.2. The largest absolute Gasteiger partial charge is 0.330 e. The highest BCUT2D eigenvalue weighted by atomic mass is 127. The Morgan fingerprint density at radius 2 is 1.78 bits per heavy atom. The van der Waals surface area contributed by atoms with E-state index in [1.165, 1.54) is 0 Å². The van der Waals surface area contributed by atoms with E-state index in [2.05, 4.69) is 22.6 Å². The third kappa shape index (κ3) is 3.04. The first-order chi connectivity index (χ1) is 8.54. The lowest BCUT2D eigenvalue weighted by atomic mass is 9.99. The van der Waals surface area contributed by atoms with Crippen molar-refractivity contribution < 1.29 is 8.42 Å². The molecule has 1 aliphatic heterocycles. The number of rotatable bonds is 3. The Kier molecular flexibility index (Phi) is 4.63. The summed E-state index contributed by atoms with van der Waals surface area (Å²) in [6, 6.07) is 6.98. The second kappa shape index (κ2) is 5.85. The van der Waals surface area contributed by atoms with Gasteiger partial charge in [-0.1, -0.05) is 0 Å². The molecule has 1 saturated heterocycles. The highest BCUT2D eigenvalue weighted by Gasteiger charge is 2.28. The topological polar surface area (TPSA) is 63.4 Å². The molecule has 6 heteroatoms. The fraction of sp³-hybridized carbons (Fsp3) is 0.500. The molecule has 1 heterocycles. The van der Waals surface area contributed by atoms with Crippen LogP contribution in [-0.2, 0) is 10.0 Å². The summed E-state index contributed by atoms with van der Waals surface area (Å²) in [7, 11) is -3.32. The minimum absolute atomic E-state index is 0.383. The van der Waals surface area contributed by atoms with Crippen molar-refractivity contribution in [2.45, 2.75) is 17.7 Å². The van der Waals surface area contributed by atoms with Crippen LogP contribution in [0.25, 0.3) is 0 Å². The second-order valence-corrected chi connectivity index (χ2v) is 7.72. The Morgan fingerprint density at radius 1 is 1.22 bits per heavy atom. The molecule has 1 aromatic carbocycles. The summed E-state index contributed by atoms with van der Waals surface area (Å²) < 4.78 is 27.4. The summed E-state index contributed by atoms with van der Waals surface area (Å²) in [5.74, 6) is 0.466. The van der Waals surface area contributed by atoms with Crippen molar-refractivity contribution in [1.82, 2.24) is 4.31 Å². The molecule has 0 aromatic heterocycles. The molecule has 1 fully saturated rings. The number of sulfonamides is 1. The molecule has 2 N–H and O–H groups in total. The minimum atomic E-state index is -3.32. The maximum absolute atomic E-state index is 12.4. The number of hydrogen-bond acceptors (Lipinski definition) is 3. The zero-order valence-electron chi connectivity index (χ0n) is 10.0. The molecule has 0 atom stereocenters. The third-order valence-corrected chi connectivity index (χ3v) is 5.99. The van der Waals surface area contributed by atoms with Crippen molar-refractivity contribution in [3.05, 3.63) is 27.8 Å². The van der Waals surface area contributed by atoms with Crippen molar-refractivity contribution in [3.8, 4) is 0 Å². The Bertz CT molecular complexity index is 493. The van der Waals surface area contributed by atoms with Crippen LogP contribution in [0.5, 0.6) is 0 Å². The molecule has 4 nitrogen and oxygen atoms in total. The van der Waals surface area contributed by atoms with E-state index in [1.54, 1.807) is 16.4 Å². The molecule has 0 unspecified atom stereocenters. The molecule has 100 valence electrons. The lowest BCUT2D eigenvalue weighted by Crippen LogP contribution is -2.39. The number of benzene rings is 1. The van der Waals surface area contributed by atoms with E-state index in [0.717, 1.165) is 16.4 Å². The number of piperidine rings is 1. The molecule has 0 aliphatic carbocycles. The molecule has 0 radical (unpaired) electrons. The summed E-state index contributed by atoms with van der Waals surface area (Å²) >= 11 is 2.16. The van der Waals surface area contributed by atoms with Crippen LogP contribution in [0.3, 0.4) is 0 Å². The van der Waals surface area contributed by atoms with Crippen molar-refractivity contribution >= 4 is 32.6 Å². The second-order valence-electron chi connectivity index (χ2n) is 4.54. The average molecular weight is 380 g/mol. The molecule has 0 bridgehead atoms. The summed E-state index contributed by atoms with van der Waals surface area (Å²) in [5, 5.41) is 0. The van der Waals surface area contributed by atoms with Gasteiger partial charge in [0.25, 0.3) is 0 Å². The van der Waals surface area contributed by atoms with Crippen LogP contribution in [0, 0.1) is 9.49 Å². The Hall–Kier alpha value is -0.180. The van der Waals surface area contributed by atoms with Gasteiger partial charge in [-0.15, -0.1) is 0 Å². The van der Waals surface area contributed by atoms with Gasteiger partial charge in [0.2, 0.25) is 10.0 Å². The minimum Gasteiger partial charge on any atom is -0.330 e. The summed E-state index contributed by atoms with van der Waals surface area (Å²) in [5.41, 5.74) is 5.62. The van der Waals surface area contributed by atoms with Crippen LogP contribution in [0.4, 0.5) is 0 Å².